The number of hydrogen-bond donors (Lipinski definition) is 2. The van der Waals surface area contributed by atoms with Gasteiger partial charge in [-0.05, 0) is 55.4 Å². The Bertz CT molecular complexity index is 613. The highest BCUT2D eigenvalue weighted by Gasteiger charge is 2.09. The largest absolute Gasteiger partial charge is 0.356 e. The molecule has 1 unspecified atom stereocenters. The fraction of sp³-hybridized carbons (Fsp3) is 0.188. The van der Waals surface area contributed by atoms with Crippen LogP contribution in [-0.2, 0) is 0 Å². The van der Waals surface area contributed by atoms with E-state index in [0.29, 0.717) is 10.8 Å². The van der Waals surface area contributed by atoms with Gasteiger partial charge in [-0.1, -0.05) is 30.3 Å². The summed E-state index contributed by atoms with van der Waals surface area (Å²) in [6.07, 6.45) is 0. The summed E-state index contributed by atoms with van der Waals surface area (Å²) in [6.45, 7) is 4.11. The molecule has 0 aliphatic heterocycles. The Hall–Kier alpha value is -1.94. The highest BCUT2D eigenvalue weighted by atomic mass is 32.1. The number of halogens is 1. The van der Waals surface area contributed by atoms with E-state index in [-0.39, 0.29) is 11.9 Å². The summed E-state index contributed by atoms with van der Waals surface area (Å²) in [6, 6.07) is 14.5. The molecule has 20 heavy (non-hydrogen) atoms. The van der Waals surface area contributed by atoms with Gasteiger partial charge < -0.3 is 10.6 Å². The number of rotatable bonds is 3. The molecular formula is C16H17FN2S. The van der Waals surface area contributed by atoms with Crippen LogP contribution in [0.3, 0.4) is 0 Å². The number of anilines is 1. The normalized spacial score (nSPS) is 11.8. The first-order chi connectivity index (χ1) is 9.56. The molecule has 0 spiro atoms. The second-order valence-electron chi connectivity index (χ2n) is 4.69. The zero-order valence-electron chi connectivity index (χ0n) is 11.5. The van der Waals surface area contributed by atoms with E-state index < -0.39 is 0 Å². The van der Waals surface area contributed by atoms with Gasteiger partial charge in [0.25, 0.3) is 0 Å². The molecule has 1 atom stereocenters. The van der Waals surface area contributed by atoms with Gasteiger partial charge in [0.1, 0.15) is 5.82 Å². The molecule has 0 aromatic heterocycles. The third-order valence-electron chi connectivity index (χ3n) is 3.09. The fourth-order valence-corrected chi connectivity index (χ4v) is 2.38. The lowest BCUT2D eigenvalue weighted by molar-refractivity contribution is 0.628. The van der Waals surface area contributed by atoms with Crippen LogP contribution < -0.4 is 10.6 Å². The monoisotopic (exact) mass is 288 g/mol. The molecule has 0 aliphatic carbocycles. The van der Waals surface area contributed by atoms with Crippen molar-refractivity contribution in [3.05, 3.63) is 65.5 Å². The van der Waals surface area contributed by atoms with E-state index in [9.17, 15) is 4.39 Å². The van der Waals surface area contributed by atoms with Crippen LogP contribution in [0.4, 0.5) is 10.1 Å². The molecule has 0 radical (unpaired) electrons. The molecule has 0 heterocycles. The smallest absolute Gasteiger partial charge is 0.171 e. The molecule has 2 N–H and O–H groups in total. The predicted octanol–water partition coefficient (Wildman–Crippen LogP) is 4.18. The zero-order valence-corrected chi connectivity index (χ0v) is 12.3. The van der Waals surface area contributed by atoms with Crippen LogP contribution in [0.15, 0.2) is 48.5 Å². The van der Waals surface area contributed by atoms with Crippen LogP contribution in [-0.4, -0.2) is 5.11 Å². The van der Waals surface area contributed by atoms with Crippen LogP contribution in [0.5, 0.6) is 0 Å². The van der Waals surface area contributed by atoms with Crippen molar-refractivity contribution in [3.63, 3.8) is 0 Å². The molecule has 2 aromatic rings. The molecule has 0 bridgehead atoms. The van der Waals surface area contributed by atoms with Gasteiger partial charge >= 0.3 is 0 Å². The molecular weight excluding hydrogens is 271 g/mol. The summed E-state index contributed by atoms with van der Waals surface area (Å²) in [7, 11) is 0. The number of benzene rings is 2. The van der Waals surface area contributed by atoms with Crippen molar-refractivity contribution in [1.29, 1.82) is 0 Å². The molecule has 2 nitrogen and oxygen atoms in total. The average molecular weight is 288 g/mol. The minimum Gasteiger partial charge on any atom is -0.356 e. The Kier molecular flexibility index (Phi) is 4.69. The Labute approximate surface area is 124 Å². The second kappa shape index (κ2) is 6.48. The highest BCUT2D eigenvalue weighted by Crippen LogP contribution is 2.17. The van der Waals surface area contributed by atoms with Gasteiger partial charge in [0, 0.05) is 5.69 Å². The summed E-state index contributed by atoms with van der Waals surface area (Å²) >= 11 is 5.25. The Morgan fingerprint density at radius 2 is 1.90 bits per heavy atom. The van der Waals surface area contributed by atoms with Gasteiger partial charge in [-0.15, -0.1) is 0 Å². The molecule has 2 rings (SSSR count). The molecule has 0 amide bonds. The van der Waals surface area contributed by atoms with E-state index in [1.807, 2.05) is 19.1 Å². The first-order valence-electron chi connectivity index (χ1n) is 6.45. The molecule has 104 valence electrons. The van der Waals surface area contributed by atoms with Crippen LogP contribution in [0, 0.1) is 12.7 Å². The molecule has 0 saturated heterocycles. The van der Waals surface area contributed by atoms with E-state index in [1.165, 1.54) is 23.3 Å². The lowest BCUT2D eigenvalue weighted by Crippen LogP contribution is -2.31. The van der Waals surface area contributed by atoms with Gasteiger partial charge in [-0.3, -0.25) is 0 Å². The van der Waals surface area contributed by atoms with E-state index in [1.54, 1.807) is 12.1 Å². The molecule has 0 aliphatic rings. The molecule has 0 fully saturated rings. The van der Waals surface area contributed by atoms with Gasteiger partial charge in [-0.2, -0.15) is 0 Å². The maximum absolute atomic E-state index is 13.1. The Morgan fingerprint density at radius 3 is 2.60 bits per heavy atom. The Morgan fingerprint density at radius 1 is 1.15 bits per heavy atom. The average Bonchev–Trinajstić information content (AvgIpc) is 2.38. The van der Waals surface area contributed by atoms with Gasteiger partial charge in [0.2, 0.25) is 0 Å². The van der Waals surface area contributed by atoms with Crippen LogP contribution >= 0.6 is 12.2 Å². The van der Waals surface area contributed by atoms with Crippen molar-refractivity contribution < 1.29 is 4.39 Å². The van der Waals surface area contributed by atoms with Crippen molar-refractivity contribution in [2.75, 3.05) is 5.32 Å². The van der Waals surface area contributed by atoms with Crippen LogP contribution in [0.25, 0.3) is 0 Å². The van der Waals surface area contributed by atoms with Gasteiger partial charge in [0.05, 0.1) is 6.04 Å². The summed E-state index contributed by atoms with van der Waals surface area (Å²) in [4.78, 5) is 0. The number of thiocarbonyl (C=S) groups is 1. The zero-order chi connectivity index (χ0) is 14.5. The van der Waals surface area contributed by atoms with E-state index >= 15 is 0 Å². The Balaban J connectivity index is 2.00. The number of hydrogen-bond acceptors (Lipinski definition) is 1. The maximum Gasteiger partial charge on any atom is 0.171 e. The first-order valence-corrected chi connectivity index (χ1v) is 6.85. The number of nitrogens with one attached hydrogen (secondary N) is 2. The number of aryl methyl sites for hydroxylation is 1. The summed E-state index contributed by atoms with van der Waals surface area (Å²) in [5.74, 6) is -0.287. The van der Waals surface area contributed by atoms with E-state index in [2.05, 4.69) is 29.7 Å². The SMILES string of the molecule is Cc1ccccc1C(C)NC(=S)Nc1cccc(F)c1. The van der Waals surface area contributed by atoms with Gasteiger partial charge in [-0.25, -0.2) is 4.39 Å². The van der Waals surface area contributed by atoms with Crippen molar-refractivity contribution in [3.8, 4) is 0 Å². The van der Waals surface area contributed by atoms with Crippen molar-refractivity contribution in [2.45, 2.75) is 19.9 Å². The molecule has 2 aromatic carbocycles. The molecule has 0 saturated carbocycles. The molecule has 4 heteroatoms. The van der Waals surface area contributed by atoms with E-state index in [0.717, 1.165) is 0 Å². The van der Waals surface area contributed by atoms with Crippen molar-refractivity contribution in [2.24, 2.45) is 0 Å². The highest BCUT2D eigenvalue weighted by molar-refractivity contribution is 7.80. The maximum atomic E-state index is 13.1. The first kappa shape index (κ1) is 14.5. The van der Waals surface area contributed by atoms with Crippen molar-refractivity contribution in [1.82, 2.24) is 5.32 Å². The summed E-state index contributed by atoms with van der Waals surface area (Å²) in [5, 5.41) is 6.66. The standard InChI is InChI=1S/C16H17FN2S/c1-11-6-3-4-9-15(11)12(2)18-16(20)19-14-8-5-7-13(17)10-14/h3-10,12H,1-2H3,(H2,18,19,20). The van der Waals surface area contributed by atoms with E-state index in [4.69, 9.17) is 12.2 Å². The minimum absolute atomic E-state index is 0.0877. The van der Waals surface area contributed by atoms with Crippen LogP contribution in [0.1, 0.15) is 24.1 Å². The predicted molar refractivity (Wildman–Crippen MR) is 85.4 cm³/mol. The summed E-state index contributed by atoms with van der Waals surface area (Å²) < 4.78 is 13.1. The fourth-order valence-electron chi connectivity index (χ4n) is 2.08. The van der Waals surface area contributed by atoms with Gasteiger partial charge in [0.15, 0.2) is 5.11 Å². The lowest BCUT2D eigenvalue weighted by Gasteiger charge is -2.19. The topological polar surface area (TPSA) is 24.1 Å². The van der Waals surface area contributed by atoms with Crippen molar-refractivity contribution >= 4 is 23.0 Å². The van der Waals surface area contributed by atoms with Crippen LogP contribution in [0.2, 0.25) is 0 Å². The lowest BCUT2D eigenvalue weighted by atomic mass is 10.0. The third-order valence-corrected chi connectivity index (χ3v) is 3.30. The second-order valence-corrected chi connectivity index (χ2v) is 5.10. The third kappa shape index (κ3) is 3.78. The quantitative estimate of drug-likeness (QED) is 0.828. The summed E-state index contributed by atoms with van der Waals surface area (Å²) in [5.41, 5.74) is 3.04. The minimum atomic E-state index is -0.287.